The second kappa shape index (κ2) is 9.20. The van der Waals surface area contributed by atoms with Crippen LogP contribution < -0.4 is 0 Å². The molecule has 0 amide bonds. The van der Waals surface area contributed by atoms with Gasteiger partial charge in [0.25, 0.3) is 0 Å². The van der Waals surface area contributed by atoms with Gasteiger partial charge in [0.05, 0.1) is 6.54 Å². The van der Waals surface area contributed by atoms with Crippen molar-refractivity contribution in [2.24, 2.45) is 5.92 Å². The number of fused-ring (bicyclic) bond motifs is 1. The van der Waals surface area contributed by atoms with Crippen LogP contribution in [0.2, 0.25) is 5.02 Å². The molecule has 3 heterocycles. The Morgan fingerprint density at radius 3 is 2.50 bits per heavy atom. The Balaban J connectivity index is 1.29. The minimum absolute atomic E-state index is 0.729. The summed E-state index contributed by atoms with van der Waals surface area (Å²) in [6.45, 7) is 5.52. The van der Waals surface area contributed by atoms with E-state index in [0.717, 1.165) is 69.7 Å². The number of likely N-dealkylation sites (tertiary alicyclic amines) is 1. The molecule has 0 spiro atoms. The molecule has 1 fully saturated rings. The van der Waals surface area contributed by atoms with Gasteiger partial charge in [0.15, 0.2) is 0 Å². The predicted molar refractivity (Wildman–Crippen MR) is 131 cm³/mol. The molecule has 0 radical (unpaired) electrons. The first-order valence-corrected chi connectivity index (χ1v) is 11.5. The molecular formula is C28H25ClN2O. The molecule has 1 saturated heterocycles. The van der Waals surface area contributed by atoms with Gasteiger partial charge in [-0.25, -0.2) is 4.98 Å². The Labute approximate surface area is 194 Å². The maximum atomic E-state index is 6.07. The van der Waals surface area contributed by atoms with E-state index in [1.807, 2.05) is 54.7 Å². The molecule has 0 bridgehead atoms. The van der Waals surface area contributed by atoms with Crippen LogP contribution in [0.4, 0.5) is 0 Å². The lowest BCUT2D eigenvalue weighted by Gasteiger charge is -2.29. The second-order valence-corrected chi connectivity index (χ2v) is 9.05. The number of rotatable bonds is 3. The van der Waals surface area contributed by atoms with Crippen LogP contribution in [0.1, 0.15) is 36.8 Å². The monoisotopic (exact) mass is 440 g/mol. The van der Waals surface area contributed by atoms with E-state index in [0.29, 0.717) is 0 Å². The van der Waals surface area contributed by atoms with E-state index in [2.05, 4.69) is 40.8 Å². The maximum Gasteiger partial charge on any atom is 0.134 e. The quantitative estimate of drug-likeness (QED) is 0.329. The zero-order chi connectivity index (χ0) is 21.9. The van der Waals surface area contributed by atoms with E-state index < -0.39 is 0 Å². The lowest BCUT2D eigenvalue weighted by molar-refractivity contribution is 0.175. The summed E-state index contributed by atoms with van der Waals surface area (Å²) >= 11 is 5.97. The van der Waals surface area contributed by atoms with Gasteiger partial charge in [-0.05, 0) is 85.8 Å². The molecule has 4 heteroatoms. The SMILES string of the molecule is CC1CCN(Cc2cc3cc(C#Cc4ccc(-c5ccc(Cl)cc5)cn4)ccc3o2)CC1. The van der Waals surface area contributed by atoms with E-state index in [9.17, 15) is 0 Å². The smallest absolute Gasteiger partial charge is 0.134 e. The normalized spacial score (nSPS) is 14.9. The number of aromatic nitrogens is 1. The number of halogens is 1. The molecule has 4 aromatic rings. The van der Waals surface area contributed by atoms with Crippen molar-refractivity contribution in [2.75, 3.05) is 13.1 Å². The second-order valence-electron chi connectivity index (χ2n) is 8.61. The zero-order valence-electron chi connectivity index (χ0n) is 18.1. The van der Waals surface area contributed by atoms with Crippen molar-refractivity contribution < 1.29 is 4.42 Å². The van der Waals surface area contributed by atoms with Gasteiger partial charge in [-0.1, -0.05) is 42.6 Å². The van der Waals surface area contributed by atoms with Crippen LogP contribution in [0.5, 0.6) is 0 Å². The Bertz CT molecular complexity index is 1270. The van der Waals surface area contributed by atoms with Gasteiger partial charge in [0.2, 0.25) is 0 Å². The third-order valence-electron chi connectivity index (χ3n) is 6.10. The van der Waals surface area contributed by atoms with Gasteiger partial charge in [0.1, 0.15) is 17.0 Å². The van der Waals surface area contributed by atoms with Crippen LogP contribution in [0, 0.1) is 17.8 Å². The van der Waals surface area contributed by atoms with Crippen molar-refractivity contribution in [1.29, 1.82) is 0 Å². The molecule has 0 atom stereocenters. The Morgan fingerprint density at radius 2 is 1.75 bits per heavy atom. The molecular weight excluding hydrogens is 416 g/mol. The molecule has 3 nitrogen and oxygen atoms in total. The molecule has 1 aliphatic rings. The molecule has 32 heavy (non-hydrogen) atoms. The summed E-state index contributed by atoms with van der Waals surface area (Å²) in [7, 11) is 0. The van der Waals surface area contributed by atoms with Crippen LogP contribution in [-0.2, 0) is 6.54 Å². The summed E-state index contributed by atoms with van der Waals surface area (Å²) in [5.41, 5.74) is 4.75. The highest BCUT2D eigenvalue weighted by atomic mass is 35.5. The number of hydrogen-bond acceptors (Lipinski definition) is 3. The molecule has 5 rings (SSSR count). The summed E-state index contributed by atoms with van der Waals surface area (Å²) < 4.78 is 6.07. The molecule has 0 aliphatic carbocycles. The van der Waals surface area contributed by atoms with Crippen molar-refractivity contribution >= 4 is 22.6 Å². The van der Waals surface area contributed by atoms with Crippen LogP contribution in [0.25, 0.3) is 22.1 Å². The molecule has 2 aromatic heterocycles. The highest BCUT2D eigenvalue weighted by molar-refractivity contribution is 6.30. The third-order valence-corrected chi connectivity index (χ3v) is 6.35. The third kappa shape index (κ3) is 4.88. The first-order chi connectivity index (χ1) is 15.6. The van der Waals surface area contributed by atoms with Crippen LogP contribution in [-0.4, -0.2) is 23.0 Å². The Morgan fingerprint density at radius 1 is 0.969 bits per heavy atom. The van der Waals surface area contributed by atoms with Gasteiger partial charge in [0, 0.05) is 27.7 Å². The van der Waals surface area contributed by atoms with E-state index in [1.54, 1.807) is 0 Å². The Kier molecular flexibility index (Phi) is 5.99. The predicted octanol–water partition coefficient (Wildman–Crippen LogP) is 6.78. The topological polar surface area (TPSA) is 29.3 Å². The summed E-state index contributed by atoms with van der Waals surface area (Å²) in [5, 5.41) is 1.83. The van der Waals surface area contributed by atoms with Gasteiger partial charge in [-0.3, -0.25) is 4.90 Å². The van der Waals surface area contributed by atoms with E-state index in [4.69, 9.17) is 16.0 Å². The number of nitrogens with zero attached hydrogens (tertiary/aromatic N) is 2. The van der Waals surface area contributed by atoms with E-state index >= 15 is 0 Å². The maximum absolute atomic E-state index is 6.07. The van der Waals surface area contributed by atoms with Gasteiger partial charge in [-0.15, -0.1) is 0 Å². The Hall–Kier alpha value is -3.06. The van der Waals surface area contributed by atoms with Crippen LogP contribution >= 0.6 is 11.6 Å². The average molecular weight is 441 g/mol. The van der Waals surface area contributed by atoms with Gasteiger partial charge >= 0.3 is 0 Å². The molecule has 0 unspecified atom stereocenters. The van der Waals surface area contributed by atoms with Crippen molar-refractivity contribution in [3.8, 4) is 23.0 Å². The number of furan rings is 1. The number of piperidine rings is 1. The molecule has 0 saturated carbocycles. The molecule has 2 aromatic carbocycles. The number of hydrogen-bond donors (Lipinski definition) is 0. The first-order valence-electron chi connectivity index (χ1n) is 11.1. The summed E-state index contributed by atoms with van der Waals surface area (Å²) in [6, 6.07) is 20.0. The molecule has 160 valence electrons. The van der Waals surface area contributed by atoms with Crippen molar-refractivity contribution in [1.82, 2.24) is 9.88 Å². The summed E-state index contributed by atoms with van der Waals surface area (Å²) in [6.07, 6.45) is 4.39. The average Bonchev–Trinajstić information content (AvgIpc) is 3.22. The summed E-state index contributed by atoms with van der Waals surface area (Å²) in [5.74, 6) is 8.27. The highest BCUT2D eigenvalue weighted by Crippen LogP contribution is 2.24. The standard InChI is InChI=1S/C28H25ClN2O/c1-20-12-14-31(15-13-20)19-27-17-24-16-21(3-11-28(24)32-27)2-9-26-10-6-23(18-30-26)22-4-7-25(29)8-5-22/h3-8,10-11,16-18,20H,12-15,19H2,1H3. The first kappa shape index (κ1) is 20.8. The van der Waals surface area contributed by atoms with Crippen LogP contribution in [0.3, 0.4) is 0 Å². The highest BCUT2D eigenvalue weighted by Gasteiger charge is 2.17. The van der Waals surface area contributed by atoms with Gasteiger partial charge < -0.3 is 4.42 Å². The zero-order valence-corrected chi connectivity index (χ0v) is 18.9. The lowest BCUT2D eigenvalue weighted by atomic mass is 9.99. The van der Waals surface area contributed by atoms with Crippen molar-refractivity contribution in [3.63, 3.8) is 0 Å². The minimum atomic E-state index is 0.729. The summed E-state index contributed by atoms with van der Waals surface area (Å²) in [4.78, 5) is 6.98. The number of benzene rings is 2. The fourth-order valence-electron chi connectivity index (χ4n) is 4.11. The van der Waals surface area contributed by atoms with Gasteiger partial charge in [-0.2, -0.15) is 0 Å². The molecule has 1 aliphatic heterocycles. The van der Waals surface area contributed by atoms with E-state index in [-0.39, 0.29) is 0 Å². The lowest BCUT2D eigenvalue weighted by Crippen LogP contribution is -2.32. The van der Waals surface area contributed by atoms with Crippen LogP contribution in [0.15, 0.2) is 71.3 Å². The van der Waals surface area contributed by atoms with Crippen molar-refractivity contribution in [2.45, 2.75) is 26.3 Å². The van der Waals surface area contributed by atoms with E-state index in [1.165, 1.54) is 12.8 Å². The van der Waals surface area contributed by atoms with Crippen molar-refractivity contribution in [3.05, 3.63) is 88.9 Å². The fraction of sp³-hybridized carbons (Fsp3) is 0.250. The number of pyridine rings is 1. The molecule has 0 N–H and O–H groups in total. The minimum Gasteiger partial charge on any atom is -0.460 e. The largest absolute Gasteiger partial charge is 0.460 e. The fourth-order valence-corrected chi connectivity index (χ4v) is 4.24.